The van der Waals surface area contributed by atoms with Crippen LogP contribution in [0.3, 0.4) is 0 Å². The van der Waals surface area contributed by atoms with Crippen LogP contribution in [-0.4, -0.2) is 132 Å². The van der Waals surface area contributed by atoms with Gasteiger partial charge in [-0.2, -0.15) is 0 Å². The smallest absolute Gasteiger partial charge is 0.325 e. The van der Waals surface area contributed by atoms with Crippen LogP contribution >= 0.6 is 0 Å². The maximum Gasteiger partial charge on any atom is 0.325 e. The third kappa shape index (κ3) is 6.56. The normalized spacial score (nSPS) is 31.6. The molecule has 0 unspecified atom stereocenters. The van der Waals surface area contributed by atoms with Crippen molar-refractivity contribution in [3.63, 3.8) is 0 Å². The van der Waals surface area contributed by atoms with Crippen LogP contribution in [0.15, 0.2) is 36.4 Å². The molecule has 0 saturated carbocycles. The van der Waals surface area contributed by atoms with Gasteiger partial charge in [-0.25, -0.2) is 0 Å². The topological polar surface area (TPSA) is 212 Å². The second-order valence-corrected chi connectivity index (χ2v) is 10.9. The molecule has 45 heavy (non-hydrogen) atoms. The van der Waals surface area contributed by atoms with Crippen LogP contribution in [-0.2, 0) is 25.5 Å². The van der Waals surface area contributed by atoms with E-state index < -0.39 is 80.2 Å². The fourth-order valence-electron chi connectivity index (χ4n) is 5.51. The Morgan fingerprint density at radius 3 is 1.58 bits per heavy atom. The van der Waals surface area contributed by atoms with E-state index in [2.05, 4.69) is 23.7 Å². The van der Waals surface area contributed by atoms with Gasteiger partial charge >= 0.3 is 5.97 Å². The molecule has 2 aromatic carbocycles. The van der Waals surface area contributed by atoms with Gasteiger partial charge in [-0.15, -0.1) is 0 Å². The first kappa shape index (κ1) is 32.8. The van der Waals surface area contributed by atoms with E-state index in [1.807, 2.05) is 12.1 Å². The number of hydrogen-bond acceptors (Lipinski definition) is 12. The van der Waals surface area contributed by atoms with Gasteiger partial charge in [-0.05, 0) is 31.2 Å². The molecule has 240 valence electrons. The summed E-state index contributed by atoms with van der Waals surface area (Å²) in [5.41, 5.74) is 2.26. The summed E-state index contributed by atoms with van der Waals surface area (Å²) in [7, 11) is 0. The minimum absolute atomic E-state index is 0.138. The van der Waals surface area contributed by atoms with E-state index in [-0.39, 0.29) is 13.2 Å². The SMILES string of the molecule is CCOC(=O)Cn1c2cc(C#C[C@H]3O[C@H](CO)[C@@H](O)[C@H](O)[C@H]3O)ccc2c2ccc(C#C[C@H]3O[C@H](CO)[C@@H](O)[C@H](O)[C@H]3O)cc21. The van der Waals surface area contributed by atoms with Crippen molar-refractivity contribution in [2.45, 2.75) is 74.5 Å². The van der Waals surface area contributed by atoms with Gasteiger partial charge in [0.25, 0.3) is 0 Å². The summed E-state index contributed by atoms with van der Waals surface area (Å²) in [6.45, 7) is 0.599. The second-order valence-electron chi connectivity index (χ2n) is 10.9. The molecule has 0 spiro atoms. The van der Waals surface area contributed by atoms with Crippen LogP contribution in [0.25, 0.3) is 21.8 Å². The summed E-state index contributed by atoms with van der Waals surface area (Å²) >= 11 is 0. The predicted octanol–water partition coefficient (Wildman–Crippen LogP) is -2.25. The third-order valence-corrected chi connectivity index (χ3v) is 7.96. The van der Waals surface area contributed by atoms with Crippen molar-refractivity contribution < 1.29 is 59.9 Å². The lowest BCUT2D eigenvalue weighted by Gasteiger charge is -2.37. The van der Waals surface area contributed by atoms with Gasteiger partial charge in [-0.3, -0.25) is 4.79 Å². The van der Waals surface area contributed by atoms with Crippen LogP contribution in [0, 0.1) is 23.7 Å². The highest BCUT2D eigenvalue weighted by Crippen LogP contribution is 2.31. The number of esters is 1. The summed E-state index contributed by atoms with van der Waals surface area (Å²) in [4.78, 5) is 12.6. The standard InChI is InChI=1S/C32H35NO12/c1-2-43-26(36)13-33-20-11-16(5-9-22-27(37)31(41)29(39)24(14-34)44-22)3-7-18(20)19-8-4-17(12-21(19)33)6-10-23-28(38)32(42)30(40)25(15-35)45-23/h3-4,7-8,11-12,22-25,27-32,34-35,37-42H,2,13-15H2,1H3/t22-,23-,24-,25-,27+,28+,29-,30-,31-,32-/m1/s1. The number of rotatable bonds is 5. The maximum atomic E-state index is 12.6. The highest BCUT2D eigenvalue weighted by Gasteiger charge is 2.43. The van der Waals surface area contributed by atoms with Crippen molar-refractivity contribution in [2.75, 3.05) is 19.8 Å². The van der Waals surface area contributed by atoms with E-state index in [9.17, 15) is 45.6 Å². The van der Waals surface area contributed by atoms with Crippen LogP contribution in [0.4, 0.5) is 0 Å². The van der Waals surface area contributed by atoms with Gasteiger partial charge in [0.1, 0.15) is 67.6 Å². The Morgan fingerprint density at radius 2 is 1.18 bits per heavy atom. The zero-order valence-electron chi connectivity index (χ0n) is 24.2. The van der Waals surface area contributed by atoms with Crippen LogP contribution in [0.5, 0.6) is 0 Å². The predicted molar refractivity (Wildman–Crippen MR) is 157 cm³/mol. The van der Waals surface area contributed by atoms with Gasteiger partial charge in [0.05, 0.1) is 30.9 Å². The minimum atomic E-state index is -1.55. The highest BCUT2D eigenvalue weighted by molar-refractivity contribution is 6.09. The lowest BCUT2D eigenvalue weighted by atomic mass is 9.95. The molecule has 2 aliphatic rings. The number of carbonyl (C=O) groups excluding carboxylic acids is 1. The molecule has 10 atom stereocenters. The number of nitrogens with zero attached hydrogens (tertiary/aromatic N) is 1. The molecule has 8 N–H and O–H groups in total. The molecule has 13 heteroatoms. The maximum absolute atomic E-state index is 12.6. The molecule has 2 fully saturated rings. The highest BCUT2D eigenvalue weighted by atomic mass is 16.6. The molecule has 3 aromatic rings. The number of benzene rings is 2. The van der Waals surface area contributed by atoms with Crippen molar-refractivity contribution in [2.24, 2.45) is 0 Å². The Kier molecular flexibility index (Phi) is 10.1. The zero-order valence-corrected chi connectivity index (χ0v) is 24.2. The average Bonchev–Trinajstić information content (AvgIpc) is 3.33. The van der Waals surface area contributed by atoms with Crippen molar-refractivity contribution in [3.8, 4) is 23.7 Å². The summed E-state index contributed by atoms with van der Waals surface area (Å²) in [6, 6.07) is 10.6. The molecule has 3 heterocycles. The lowest BCUT2D eigenvalue weighted by molar-refractivity contribution is -0.214. The molecule has 5 rings (SSSR count). The van der Waals surface area contributed by atoms with Crippen molar-refractivity contribution in [1.29, 1.82) is 0 Å². The Labute approximate surface area is 257 Å². The van der Waals surface area contributed by atoms with Crippen LogP contribution in [0.1, 0.15) is 18.1 Å². The summed E-state index contributed by atoms with van der Waals surface area (Å²) in [5, 5.41) is 81.4. The summed E-state index contributed by atoms with van der Waals surface area (Å²) < 4.78 is 17.9. The lowest BCUT2D eigenvalue weighted by Crippen LogP contribution is -2.58. The monoisotopic (exact) mass is 625 g/mol. The molecule has 0 amide bonds. The van der Waals surface area contributed by atoms with Gasteiger partial charge in [0, 0.05) is 21.9 Å². The first-order chi connectivity index (χ1) is 21.6. The molecule has 0 radical (unpaired) electrons. The minimum Gasteiger partial charge on any atom is -0.465 e. The van der Waals surface area contributed by atoms with Crippen molar-refractivity contribution in [3.05, 3.63) is 47.5 Å². The first-order valence-electron chi connectivity index (χ1n) is 14.4. The van der Waals surface area contributed by atoms with E-state index in [4.69, 9.17) is 14.2 Å². The Bertz CT molecular complexity index is 1550. The number of aromatic nitrogens is 1. The fraction of sp³-hybridized carbons (Fsp3) is 0.469. The van der Waals surface area contributed by atoms with Crippen molar-refractivity contribution in [1.82, 2.24) is 4.57 Å². The Morgan fingerprint density at radius 1 is 0.733 bits per heavy atom. The number of hydrogen-bond donors (Lipinski definition) is 8. The molecular weight excluding hydrogens is 590 g/mol. The van der Waals surface area contributed by atoms with Gasteiger partial charge in [0.2, 0.25) is 0 Å². The van der Waals surface area contributed by atoms with Gasteiger partial charge < -0.3 is 59.6 Å². The zero-order chi connectivity index (χ0) is 32.4. The van der Waals surface area contributed by atoms with Crippen LogP contribution in [0.2, 0.25) is 0 Å². The van der Waals surface area contributed by atoms with Crippen molar-refractivity contribution >= 4 is 27.8 Å². The van der Waals surface area contributed by atoms with E-state index in [0.29, 0.717) is 22.2 Å². The van der Waals surface area contributed by atoms with Crippen LogP contribution < -0.4 is 0 Å². The van der Waals surface area contributed by atoms with Gasteiger partial charge in [-0.1, -0.05) is 35.8 Å². The number of aliphatic hydroxyl groups excluding tert-OH is 8. The summed E-state index contributed by atoms with van der Waals surface area (Å²) in [6.07, 6.45) is -13.6. The molecular formula is C32H35NO12. The summed E-state index contributed by atoms with van der Waals surface area (Å²) in [5.74, 6) is 10.8. The third-order valence-electron chi connectivity index (χ3n) is 7.96. The Hall–Kier alpha value is -3.57. The molecule has 1 aromatic heterocycles. The number of carbonyl (C=O) groups is 1. The number of aliphatic hydroxyl groups is 8. The quantitative estimate of drug-likeness (QED) is 0.112. The molecule has 2 aliphatic heterocycles. The average molecular weight is 626 g/mol. The number of fused-ring (bicyclic) bond motifs is 3. The fourth-order valence-corrected chi connectivity index (χ4v) is 5.51. The van der Waals surface area contributed by atoms with E-state index in [1.165, 1.54) is 0 Å². The molecule has 13 nitrogen and oxygen atoms in total. The number of ether oxygens (including phenoxy) is 3. The van der Waals surface area contributed by atoms with E-state index in [1.54, 1.807) is 35.8 Å². The van der Waals surface area contributed by atoms with Gasteiger partial charge in [0.15, 0.2) is 0 Å². The largest absolute Gasteiger partial charge is 0.465 e. The Balaban J connectivity index is 1.51. The molecule has 2 saturated heterocycles. The first-order valence-corrected chi connectivity index (χ1v) is 14.4. The molecule has 0 bridgehead atoms. The van der Waals surface area contributed by atoms with E-state index >= 15 is 0 Å². The molecule has 0 aliphatic carbocycles. The van der Waals surface area contributed by atoms with E-state index in [0.717, 1.165) is 10.8 Å². The second kappa shape index (κ2) is 13.8.